The summed E-state index contributed by atoms with van der Waals surface area (Å²) >= 11 is 0. The minimum atomic E-state index is -4.08. The van der Waals surface area contributed by atoms with E-state index >= 15 is 0 Å². The Bertz CT molecular complexity index is 713. The highest BCUT2D eigenvalue weighted by atomic mass is 32.2. The number of amides is 1. The molecule has 128 valence electrons. The van der Waals surface area contributed by atoms with Crippen molar-refractivity contribution in [2.24, 2.45) is 5.14 Å². The summed E-state index contributed by atoms with van der Waals surface area (Å²) in [6.07, 6.45) is 0.259. The van der Waals surface area contributed by atoms with E-state index in [9.17, 15) is 17.6 Å². The quantitative estimate of drug-likeness (QED) is 0.890. The van der Waals surface area contributed by atoms with Gasteiger partial charge in [0.15, 0.2) is 0 Å². The van der Waals surface area contributed by atoms with Crippen LogP contribution in [0.3, 0.4) is 0 Å². The smallest absolute Gasteiger partial charge is 0.410 e. The summed E-state index contributed by atoms with van der Waals surface area (Å²) in [7, 11) is -4.08. The van der Waals surface area contributed by atoms with Crippen molar-refractivity contribution in [2.45, 2.75) is 43.6 Å². The molecule has 1 heterocycles. The lowest BCUT2D eigenvalue weighted by atomic mass is 9.98. The second-order valence-electron chi connectivity index (χ2n) is 6.65. The Morgan fingerprint density at radius 3 is 2.57 bits per heavy atom. The predicted octanol–water partition coefficient (Wildman–Crippen LogP) is 2.20. The van der Waals surface area contributed by atoms with E-state index < -0.39 is 32.4 Å². The van der Waals surface area contributed by atoms with Crippen molar-refractivity contribution in [3.8, 4) is 0 Å². The summed E-state index contributed by atoms with van der Waals surface area (Å²) in [6.45, 7) is 6.29. The van der Waals surface area contributed by atoms with Gasteiger partial charge in [-0.15, -0.1) is 0 Å². The summed E-state index contributed by atoms with van der Waals surface area (Å²) in [5.74, 6) is -0.938. The van der Waals surface area contributed by atoms with Crippen LogP contribution in [-0.4, -0.2) is 38.1 Å². The van der Waals surface area contributed by atoms with Gasteiger partial charge in [-0.1, -0.05) is 6.07 Å². The zero-order chi connectivity index (χ0) is 17.4. The first kappa shape index (κ1) is 17.7. The molecule has 1 fully saturated rings. The zero-order valence-corrected chi connectivity index (χ0v) is 14.2. The maximum atomic E-state index is 13.9. The van der Waals surface area contributed by atoms with E-state index in [0.29, 0.717) is 25.1 Å². The Morgan fingerprint density at radius 2 is 2.04 bits per heavy atom. The Balaban J connectivity index is 2.11. The number of hydrogen-bond donors (Lipinski definition) is 1. The standard InChI is InChI=1S/C15H21FN2O4S/c1-15(2,3)22-14(19)18-7-6-11(9-18)10-4-5-13(12(16)8-10)23(17,20)21/h4-5,8,11H,6-7,9H2,1-3H3,(H2,17,20,21). The molecule has 0 radical (unpaired) electrons. The molecule has 1 aliphatic rings. The van der Waals surface area contributed by atoms with Crippen LogP contribution < -0.4 is 5.14 Å². The predicted molar refractivity (Wildman–Crippen MR) is 82.9 cm³/mol. The number of likely N-dealkylation sites (tertiary alicyclic amines) is 1. The lowest BCUT2D eigenvalue weighted by Gasteiger charge is -2.24. The minimum absolute atomic E-state index is 0.0634. The normalized spacial score (nSPS) is 19.0. The third-order valence-corrected chi connectivity index (χ3v) is 4.52. The highest BCUT2D eigenvalue weighted by Gasteiger charge is 2.31. The van der Waals surface area contributed by atoms with Crippen molar-refractivity contribution in [3.63, 3.8) is 0 Å². The van der Waals surface area contributed by atoms with Crippen molar-refractivity contribution in [1.29, 1.82) is 0 Å². The molecule has 0 aromatic heterocycles. The monoisotopic (exact) mass is 344 g/mol. The number of hydrogen-bond acceptors (Lipinski definition) is 4. The highest BCUT2D eigenvalue weighted by molar-refractivity contribution is 7.89. The van der Waals surface area contributed by atoms with Crippen molar-refractivity contribution >= 4 is 16.1 Å². The van der Waals surface area contributed by atoms with Crippen LogP contribution in [0.25, 0.3) is 0 Å². The zero-order valence-electron chi connectivity index (χ0n) is 13.4. The van der Waals surface area contributed by atoms with Gasteiger partial charge < -0.3 is 9.64 Å². The molecule has 2 rings (SSSR count). The molecule has 6 nitrogen and oxygen atoms in total. The number of primary sulfonamides is 1. The summed E-state index contributed by atoms with van der Waals surface area (Å²) < 4.78 is 41.7. The van der Waals surface area contributed by atoms with E-state index in [1.165, 1.54) is 12.1 Å². The van der Waals surface area contributed by atoms with Gasteiger partial charge in [-0.05, 0) is 44.9 Å². The fourth-order valence-electron chi connectivity index (χ4n) is 2.53. The molecule has 0 aliphatic carbocycles. The summed E-state index contributed by atoms with van der Waals surface area (Å²) in [5, 5.41) is 4.94. The van der Waals surface area contributed by atoms with E-state index in [4.69, 9.17) is 9.88 Å². The third-order valence-electron chi connectivity index (χ3n) is 3.57. The molecule has 1 atom stereocenters. The van der Waals surface area contributed by atoms with Crippen LogP contribution >= 0.6 is 0 Å². The summed E-state index contributed by atoms with van der Waals surface area (Å²) in [5.41, 5.74) is 0.0688. The minimum Gasteiger partial charge on any atom is -0.444 e. The van der Waals surface area contributed by atoms with Gasteiger partial charge in [-0.2, -0.15) is 0 Å². The molecule has 0 saturated carbocycles. The molecule has 1 saturated heterocycles. The molecular formula is C15H21FN2O4S. The SMILES string of the molecule is CC(C)(C)OC(=O)N1CCC(c2ccc(S(N)(=O)=O)c(F)c2)C1. The number of sulfonamides is 1. The fourth-order valence-corrected chi connectivity index (χ4v) is 3.11. The Hall–Kier alpha value is -1.67. The number of rotatable bonds is 2. The molecule has 23 heavy (non-hydrogen) atoms. The van der Waals surface area contributed by atoms with Crippen LogP contribution in [0.5, 0.6) is 0 Å². The molecular weight excluding hydrogens is 323 g/mol. The second-order valence-corrected chi connectivity index (χ2v) is 8.18. The number of nitrogens with two attached hydrogens (primary N) is 1. The number of halogens is 1. The van der Waals surface area contributed by atoms with Crippen LogP contribution in [0.15, 0.2) is 23.1 Å². The van der Waals surface area contributed by atoms with E-state index in [0.717, 1.165) is 6.07 Å². The molecule has 1 aliphatic heterocycles. The van der Waals surface area contributed by atoms with E-state index in [1.807, 2.05) is 0 Å². The molecule has 2 N–H and O–H groups in total. The van der Waals surface area contributed by atoms with Crippen molar-refractivity contribution in [1.82, 2.24) is 4.90 Å². The second kappa shape index (κ2) is 6.09. The molecule has 1 aromatic carbocycles. The van der Waals surface area contributed by atoms with Gasteiger partial charge in [0.2, 0.25) is 10.0 Å². The van der Waals surface area contributed by atoms with Gasteiger partial charge >= 0.3 is 6.09 Å². The van der Waals surface area contributed by atoms with Gasteiger partial charge in [0.25, 0.3) is 0 Å². The van der Waals surface area contributed by atoms with Gasteiger partial charge in [-0.25, -0.2) is 22.7 Å². The van der Waals surface area contributed by atoms with Crippen LogP contribution in [-0.2, 0) is 14.8 Å². The lowest BCUT2D eigenvalue weighted by molar-refractivity contribution is 0.0292. The Morgan fingerprint density at radius 1 is 1.39 bits per heavy atom. The van der Waals surface area contributed by atoms with E-state index in [-0.39, 0.29) is 5.92 Å². The van der Waals surface area contributed by atoms with Crippen molar-refractivity contribution in [2.75, 3.05) is 13.1 Å². The van der Waals surface area contributed by atoms with Crippen LogP contribution in [0.4, 0.5) is 9.18 Å². The number of nitrogens with zero attached hydrogens (tertiary/aromatic N) is 1. The average molecular weight is 344 g/mol. The van der Waals surface area contributed by atoms with Gasteiger partial charge in [0, 0.05) is 19.0 Å². The van der Waals surface area contributed by atoms with E-state index in [1.54, 1.807) is 25.7 Å². The Kier molecular flexibility index (Phi) is 4.68. The van der Waals surface area contributed by atoms with E-state index in [2.05, 4.69) is 0 Å². The van der Waals surface area contributed by atoms with Crippen molar-refractivity contribution < 1.29 is 22.3 Å². The maximum absolute atomic E-state index is 13.9. The molecule has 0 spiro atoms. The third kappa shape index (κ3) is 4.42. The number of carbonyl (C=O) groups is 1. The summed E-state index contributed by atoms with van der Waals surface area (Å²) in [6, 6.07) is 3.87. The molecule has 1 amide bonds. The molecule has 1 unspecified atom stereocenters. The topological polar surface area (TPSA) is 89.7 Å². The average Bonchev–Trinajstić information content (AvgIpc) is 2.84. The molecule has 1 aromatic rings. The van der Waals surface area contributed by atoms with Gasteiger partial charge in [0.1, 0.15) is 16.3 Å². The largest absolute Gasteiger partial charge is 0.444 e. The van der Waals surface area contributed by atoms with Crippen LogP contribution in [0.1, 0.15) is 38.7 Å². The first-order valence-corrected chi connectivity index (χ1v) is 8.82. The number of carbonyl (C=O) groups excluding carboxylic acids is 1. The maximum Gasteiger partial charge on any atom is 0.410 e. The molecule has 0 bridgehead atoms. The van der Waals surface area contributed by atoms with Gasteiger partial charge in [0.05, 0.1) is 0 Å². The van der Waals surface area contributed by atoms with Crippen molar-refractivity contribution in [3.05, 3.63) is 29.6 Å². The summed E-state index contributed by atoms with van der Waals surface area (Å²) in [4.78, 5) is 13.1. The fraction of sp³-hybridized carbons (Fsp3) is 0.533. The Labute approximate surface area is 135 Å². The molecule has 8 heteroatoms. The van der Waals surface area contributed by atoms with Crippen LogP contribution in [0.2, 0.25) is 0 Å². The van der Waals surface area contributed by atoms with Gasteiger partial charge in [-0.3, -0.25) is 0 Å². The lowest BCUT2D eigenvalue weighted by Crippen LogP contribution is -2.35. The first-order valence-electron chi connectivity index (χ1n) is 7.27. The highest BCUT2D eigenvalue weighted by Crippen LogP contribution is 2.30. The first-order chi connectivity index (χ1) is 10.5. The van der Waals surface area contributed by atoms with Crippen LogP contribution in [0, 0.1) is 5.82 Å². The number of benzene rings is 1. The number of ether oxygens (including phenoxy) is 1.